The number of benzene rings is 7. The lowest BCUT2D eigenvalue weighted by Crippen LogP contribution is -2.40. The molecule has 2 heteroatoms. The molecule has 0 saturated heterocycles. The third-order valence-electron chi connectivity index (χ3n) is 18.4. The lowest BCUT2D eigenvalue weighted by molar-refractivity contribution is 0.288. The molecule has 340 valence electrons. The van der Waals surface area contributed by atoms with Gasteiger partial charge < -0.3 is 9.32 Å². The predicted octanol–water partition coefficient (Wildman–Crippen LogP) is 16.1. The molecular formula is C69H53NO. The van der Waals surface area contributed by atoms with Crippen molar-refractivity contribution < 1.29 is 4.42 Å². The Balaban J connectivity index is 0.869. The third kappa shape index (κ3) is 5.77. The van der Waals surface area contributed by atoms with Crippen LogP contribution in [0.25, 0.3) is 50.6 Å². The molecular weight excluding hydrogens is 859 g/mol. The Kier molecular flexibility index (Phi) is 8.29. The molecule has 8 aliphatic carbocycles. The summed E-state index contributed by atoms with van der Waals surface area (Å²) in [5.41, 5.74) is 19.6. The second-order valence-electron chi connectivity index (χ2n) is 21.9. The van der Waals surface area contributed by atoms with Gasteiger partial charge in [0.05, 0.1) is 11.0 Å². The van der Waals surface area contributed by atoms with Crippen molar-refractivity contribution in [3.63, 3.8) is 0 Å². The van der Waals surface area contributed by atoms with Crippen molar-refractivity contribution in [2.45, 2.75) is 54.4 Å². The largest absolute Gasteiger partial charge is 0.456 e. The minimum Gasteiger partial charge on any atom is -0.456 e. The molecule has 3 fully saturated rings. The standard InChI is InChI=1S/C69H53NO/c1-3-15-44(16-4-1)47-31-32-67(41-55(67)34-47)70(43-53-23-13-22-52-42-68(52,53)50-20-5-2-6-21-50)56-24-14-27-59-62-39-61-58-26-11-12-28-63(58)69(64(61)40-66(62)71-65(59)38-56,51-30-29-45-17-7-8-18-46(45)33-51)54-35-48-19-9-10-25-57(48)60-37-49(60)36-54/h1-26,28-35,38-40,49,52,55,60H,27,36-37,41-43H2. The summed E-state index contributed by atoms with van der Waals surface area (Å²) in [6, 6.07) is 61.8. The normalized spacial score (nSPS) is 27.5. The molecule has 0 bridgehead atoms. The van der Waals surface area contributed by atoms with Crippen LogP contribution in [0, 0.1) is 17.8 Å². The molecule has 7 atom stereocenters. The van der Waals surface area contributed by atoms with Gasteiger partial charge in [0, 0.05) is 40.6 Å². The fourth-order valence-electron chi connectivity index (χ4n) is 14.7. The van der Waals surface area contributed by atoms with E-state index in [9.17, 15) is 0 Å². The van der Waals surface area contributed by atoms with Crippen molar-refractivity contribution in [2.75, 3.05) is 6.54 Å². The van der Waals surface area contributed by atoms with Crippen molar-refractivity contribution >= 4 is 39.5 Å². The van der Waals surface area contributed by atoms with Gasteiger partial charge in [0.2, 0.25) is 0 Å². The highest BCUT2D eigenvalue weighted by molar-refractivity contribution is 5.98. The van der Waals surface area contributed by atoms with Gasteiger partial charge in [-0.25, -0.2) is 0 Å². The van der Waals surface area contributed by atoms with Crippen LogP contribution in [0.2, 0.25) is 0 Å². The monoisotopic (exact) mass is 911 g/mol. The van der Waals surface area contributed by atoms with Gasteiger partial charge in [-0.3, -0.25) is 0 Å². The highest BCUT2D eigenvalue weighted by Gasteiger charge is 2.61. The summed E-state index contributed by atoms with van der Waals surface area (Å²) >= 11 is 0. The van der Waals surface area contributed by atoms with Crippen LogP contribution in [-0.2, 0) is 17.3 Å². The van der Waals surface area contributed by atoms with E-state index in [1.54, 1.807) is 0 Å². The SMILES string of the molecule is C1=CC2CC2(c2ccccc2)C(CN(C2=Cc3oc4cc5c(cc4c3CC=C2)-c2ccccc2C5(C2=Cc3ccccc3C3CC3C2)c2ccc3ccccc3c2)C23C=CC(c4ccccc4)=CC2C3)=C1. The average Bonchev–Trinajstić information content (AvgIpc) is 4.36. The van der Waals surface area contributed by atoms with E-state index in [4.69, 9.17) is 4.42 Å². The fourth-order valence-corrected chi connectivity index (χ4v) is 14.7. The van der Waals surface area contributed by atoms with Crippen molar-refractivity contribution in [1.82, 2.24) is 4.90 Å². The van der Waals surface area contributed by atoms with Crippen LogP contribution in [-0.4, -0.2) is 17.0 Å². The van der Waals surface area contributed by atoms with Crippen LogP contribution in [0.3, 0.4) is 0 Å². The Bertz CT molecular complexity index is 3820. The molecule has 3 saturated carbocycles. The number of hydrogen-bond acceptors (Lipinski definition) is 2. The van der Waals surface area contributed by atoms with Gasteiger partial charge in [0.25, 0.3) is 0 Å². The first kappa shape index (κ1) is 40.1. The predicted molar refractivity (Wildman–Crippen MR) is 291 cm³/mol. The molecule has 0 aliphatic heterocycles. The summed E-state index contributed by atoms with van der Waals surface area (Å²) in [7, 11) is 0. The molecule has 0 amide bonds. The van der Waals surface area contributed by atoms with Gasteiger partial charge in [-0.1, -0.05) is 194 Å². The van der Waals surface area contributed by atoms with Gasteiger partial charge in [0.1, 0.15) is 11.3 Å². The van der Waals surface area contributed by atoms with Gasteiger partial charge in [-0.2, -0.15) is 0 Å². The maximum absolute atomic E-state index is 7.37. The number of rotatable bonds is 8. The maximum atomic E-state index is 7.37. The van der Waals surface area contributed by atoms with Crippen molar-refractivity contribution in [2.24, 2.45) is 17.8 Å². The first-order valence-electron chi connectivity index (χ1n) is 26.1. The first-order chi connectivity index (χ1) is 35.1. The molecule has 8 aliphatic rings. The van der Waals surface area contributed by atoms with E-state index in [1.165, 1.54) is 107 Å². The highest BCUT2D eigenvalue weighted by atomic mass is 16.3. The molecule has 1 heterocycles. The van der Waals surface area contributed by atoms with Crippen molar-refractivity contribution in [3.05, 3.63) is 280 Å². The fraction of sp³-hybridized carbons (Fsp3) is 0.188. The molecule has 8 aromatic rings. The lowest BCUT2D eigenvalue weighted by atomic mass is 9.65. The van der Waals surface area contributed by atoms with Crippen LogP contribution in [0.5, 0.6) is 0 Å². The van der Waals surface area contributed by atoms with Crippen molar-refractivity contribution in [3.8, 4) is 11.1 Å². The maximum Gasteiger partial charge on any atom is 0.135 e. The average molecular weight is 912 g/mol. The number of furan rings is 1. The molecule has 0 radical (unpaired) electrons. The van der Waals surface area contributed by atoms with Crippen LogP contribution in [0.4, 0.5) is 0 Å². The number of fused-ring (bicyclic) bond motifs is 12. The molecule has 7 aromatic carbocycles. The van der Waals surface area contributed by atoms with E-state index in [-0.39, 0.29) is 11.0 Å². The Morgan fingerprint density at radius 3 is 2.38 bits per heavy atom. The number of nitrogens with zero attached hydrogens (tertiary/aromatic N) is 1. The van der Waals surface area contributed by atoms with Crippen LogP contribution in [0.1, 0.15) is 81.9 Å². The van der Waals surface area contributed by atoms with Gasteiger partial charge in [-0.05, 0) is 152 Å². The summed E-state index contributed by atoms with van der Waals surface area (Å²) in [4.78, 5) is 2.76. The summed E-state index contributed by atoms with van der Waals surface area (Å²) in [5, 5.41) is 3.77. The zero-order valence-electron chi connectivity index (χ0n) is 39.8. The molecule has 2 nitrogen and oxygen atoms in total. The second kappa shape index (κ2) is 14.7. The molecule has 0 N–H and O–H groups in total. The minimum atomic E-state index is -0.492. The van der Waals surface area contributed by atoms with Crippen LogP contribution in [0.15, 0.2) is 234 Å². The number of hydrogen-bond donors (Lipinski definition) is 0. The number of allylic oxidation sites excluding steroid dienone is 8. The Morgan fingerprint density at radius 1 is 0.662 bits per heavy atom. The Labute approximate surface area is 416 Å². The van der Waals surface area contributed by atoms with Gasteiger partial charge in [0.15, 0.2) is 0 Å². The second-order valence-corrected chi connectivity index (χ2v) is 21.9. The van der Waals surface area contributed by atoms with Gasteiger partial charge in [-0.15, -0.1) is 0 Å². The van der Waals surface area contributed by atoms with Crippen LogP contribution < -0.4 is 0 Å². The Morgan fingerprint density at radius 2 is 1.48 bits per heavy atom. The zero-order valence-corrected chi connectivity index (χ0v) is 39.8. The Hall–Kier alpha value is -7.68. The molecule has 7 unspecified atom stereocenters. The minimum absolute atomic E-state index is 0.0436. The summed E-state index contributed by atoms with van der Waals surface area (Å²) in [5.74, 6) is 3.20. The first-order valence-corrected chi connectivity index (χ1v) is 26.1. The van der Waals surface area contributed by atoms with E-state index in [0.29, 0.717) is 23.7 Å². The lowest BCUT2D eigenvalue weighted by Gasteiger charge is -2.38. The van der Waals surface area contributed by atoms with E-state index >= 15 is 0 Å². The molecule has 0 spiro atoms. The smallest absolute Gasteiger partial charge is 0.135 e. The summed E-state index contributed by atoms with van der Waals surface area (Å²) < 4.78 is 7.37. The summed E-state index contributed by atoms with van der Waals surface area (Å²) in [6.45, 7) is 0.857. The van der Waals surface area contributed by atoms with Gasteiger partial charge >= 0.3 is 0 Å². The van der Waals surface area contributed by atoms with E-state index in [0.717, 1.165) is 37.2 Å². The molecule has 1 aromatic heterocycles. The highest BCUT2D eigenvalue weighted by Crippen LogP contribution is 2.65. The van der Waals surface area contributed by atoms with Crippen LogP contribution >= 0.6 is 0 Å². The molecule has 16 rings (SSSR count). The molecule has 71 heavy (non-hydrogen) atoms. The van der Waals surface area contributed by atoms with E-state index < -0.39 is 5.41 Å². The summed E-state index contributed by atoms with van der Waals surface area (Å²) in [6.07, 6.45) is 29.9. The quantitative estimate of drug-likeness (QED) is 0.151. The zero-order chi connectivity index (χ0) is 46.5. The van der Waals surface area contributed by atoms with E-state index in [2.05, 4.69) is 229 Å². The van der Waals surface area contributed by atoms with Crippen molar-refractivity contribution in [1.29, 1.82) is 0 Å². The third-order valence-corrected chi connectivity index (χ3v) is 18.4. The van der Waals surface area contributed by atoms with E-state index in [1.807, 2.05) is 0 Å². The topological polar surface area (TPSA) is 16.4 Å².